The molecule has 6 heteroatoms. The van der Waals surface area contributed by atoms with E-state index in [4.69, 9.17) is 4.74 Å². The Balaban J connectivity index is 2.02. The van der Waals surface area contributed by atoms with Gasteiger partial charge in [-0.3, -0.25) is 0 Å². The quantitative estimate of drug-likeness (QED) is 0.828. The van der Waals surface area contributed by atoms with Gasteiger partial charge in [-0.15, -0.1) is 0 Å². The molecular weight excluding hydrogens is 286 g/mol. The molecule has 0 saturated carbocycles. The molecule has 0 spiro atoms. The minimum Gasteiger partial charge on any atom is -0.385 e. The Kier molecular flexibility index (Phi) is 3.65. The topological polar surface area (TPSA) is 67.3 Å². The molecule has 1 saturated heterocycles. The minimum atomic E-state index is -0.814. The van der Waals surface area contributed by atoms with E-state index in [0.717, 1.165) is 4.60 Å². The van der Waals surface area contributed by atoms with Crippen LogP contribution in [0.1, 0.15) is 19.2 Å². The zero-order chi connectivity index (χ0) is 12.5. The van der Waals surface area contributed by atoms with Crippen LogP contribution in [0.15, 0.2) is 10.7 Å². The lowest BCUT2D eigenvalue weighted by Crippen LogP contribution is -2.43. The first-order chi connectivity index (χ1) is 7.99. The summed E-state index contributed by atoms with van der Waals surface area (Å²) in [6, 6.07) is 1.79. The number of rotatable bonds is 3. The fourth-order valence-corrected chi connectivity index (χ4v) is 2.34. The lowest BCUT2D eigenvalue weighted by Gasteiger charge is -2.26. The first kappa shape index (κ1) is 12.7. The number of hydrogen-bond donors (Lipinski definition) is 2. The zero-order valence-electron chi connectivity index (χ0n) is 9.90. The first-order valence-corrected chi connectivity index (χ1v) is 6.38. The van der Waals surface area contributed by atoms with Gasteiger partial charge in [-0.1, -0.05) is 0 Å². The van der Waals surface area contributed by atoms with Crippen LogP contribution in [0, 0.1) is 6.92 Å². The van der Waals surface area contributed by atoms with Crippen molar-refractivity contribution >= 4 is 21.7 Å². The number of anilines is 1. The summed E-state index contributed by atoms with van der Waals surface area (Å²) in [6.45, 7) is 4.74. The molecule has 2 rings (SSSR count). The Morgan fingerprint density at radius 3 is 3.00 bits per heavy atom. The highest BCUT2D eigenvalue weighted by Crippen LogP contribution is 2.26. The predicted octanol–water partition coefficient (Wildman–Crippen LogP) is 1.50. The van der Waals surface area contributed by atoms with Gasteiger partial charge in [0.05, 0.1) is 6.10 Å². The number of aromatic nitrogens is 2. The molecule has 1 aromatic heterocycles. The SMILES string of the molecule is Cc1nc(Br)cc(NCC2(O)CCOC2C)n1. The summed E-state index contributed by atoms with van der Waals surface area (Å²) in [6.07, 6.45) is 0.494. The molecule has 17 heavy (non-hydrogen) atoms. The van der Waals surface area contributed by atoms with Gasteiger partial charge in [-0.05, 0) is 29.8 Å². The van der Waals surface area contributed by atoms with Gasteiger partial charge < -0.3 is 15.2 Å². The summed E-state index contributed by atoms with van der Waals surface area (Å²) < 4.78 is 6.10. The molecule has 1 aromatic rings. The molecule has 0 amide bonds. The van der Waals surface area contributed by atoms with Gasteiger partial charge in [0.2, 0.25) is 0 Å². The highest BCUT2D eigenvalue weighted by atomic mass is 79.9. The van der Waals surface area contributed by atoms with Crippen molar-refractivity contribution < 1.29 is 9.84 Å². The van der Waals surface area contributed by atoms with Crippen LogP contribution < -0.4 is 5.32 Å². The van der Waals surface area contributed by atoms with Crippen LogP contribution in [0.4, 0.5) is 5.82 Å². The van der Waals surface area contributed by atoms with Gasteiger partial charge in [0.15, 0.2) is 0 Å². The van der Waals surface area contributed by atoms with E-state index in [9.17, 15) is 5.11 Å². The van der Waals surface area contributed by atoms with Crippen molar-refractivity contribution in [3.63, 3.8) is 0 Å². The van der Waals surface area contributed by atoms with Gasteiger partial charge in [0.25, 0.3) is 0 Å². The average Bonchev–Trinajstić information content (AvgIpc) is 2.56. The van der Waals surface area contributed by atoms with Crippen LogP contribution in [-0.2, 0) is 4.74 Å². The zero-order valence-corrected chi connectivity index (χ0v) is 11.5. The second kappa shape index (κ2) is 4.88. The highest BCUT2D eigenvalue weighted by molar-refractivity contribution is 9.10. The van der Waals surface area contributed by atoms with Crippen LogP contribution in [0.25, 0.3) is 0 Å². The largest absolute Gasteiger partial charge is 0.385 e. The summed E-state index contributed by atoms with van der Waals surface area (Å²) in [4.78, 5) is 8.37. The van der Waals surface area contributed by atoms with E-state index in [0.29, 0.717) is 31.2 Å². The summed E-state index contributed by atoms with van der Waals surface area (Å²) in [5.74, 6) is 1.39. The Morgan fingerprint density at radius 2 is 2.41 bits per heavy atom. The maximum atomic E-state index is 10.3. The molecule has 1 aliphatic heterocycles. The number of halogens is 1. The molecule has 2 heterocycles. The van der Waals surface area contributed by atoms with Crippen molar-refractivity contribution in [3.05, 3.63) is 16.5 Å². The number of aliphatic hydroxyl groups is 1. The molecule has 94 valence electrons. The summed E-state index contributed by atoms with van der Waals surface area (Å²) in [5, 5.41) is 13.4. The Labute approximate surface area is 109 Å². The first-order valence-electron chi connectivity index (χ1n) is 5.59. The van der Waals surface area contributed by atoms with Crippen molar-refractivity contribution in [1.82, 2.24) is 9.97 Å². The van der Waals surface area contributed by atoms with E-state index in [1.807, 2.05) is 13.8 Å². The smallest absolute Gasteiger partial charge is 0.130 e. The highest BCUT2D eigenvalue weighted by Gasteiger charge is 2.39. The number of aryl methyl sites for hydroxylation is 1. The number of nitrogens with zero attached hydrogens (tertiary/aromatic N) is 2. The normalized spacial score (nSPS) is 28.4. The Hall–Kier alpha value is -0.720. The van der Waals surface area contributed by atoms with E-state index in [1.54, 1.807) is 6.07 Å². The maximum Gasteiger partial charge on any atom is 0.130 e. The average molecular weight is 302 g/mol. The molecule has 0 aliphatic carbocycles. The summed E-state index contributed by atoms with van der Waals surface area (Å²) >= 11 is 3.31. The van der Waals surface area contributed by atoms with Crippen molar-refractivity contribution in [1.29, 1.82) is 0 Å². The second-order valence-corrected chi connectivity index (χ2v) is 5.16. The lowest BCUT2D eigenvalue weighted by atomic mass is 9.97. The van der Waals surface area contributed by atoms with Crippen LogP contribution >= 0.6 is 15.9 Å². The second-order valence-electron chi connectivity index (χ2n) is 4.34. The lowest BCUT2D eigenvalue weighted by molar-refractivity contribution is -0.0176. The summed E-state index contributed by atoms with van der Waals surface area (Å²) in [5.41, 5.74) is -0.814. The van der Waals surface area contributed by atoms with E-state index < -0.39 is 5.60 Å². The van der Waals surface area contributed by atoms with Crippen molar-refractivity contribution in [3.8, 4) is 0 Å². The van der Waals surface area contributed by atoms with Gasteiger partial charge in [-0.25, -0.2) is 9.97 Å². The molecule has 2 unspecified atom stereocenters. The van der Waals surface area contributed by atoms with Crippen LogP contribution in [0.5, 0.6) is 0 Å². The summed E-state index contributed by atoms with van der Waals surface area (Å²) in [7, 11) is 0. The Bertz CT molecular complexity index is 395. The van der Waals surface area contributed by atoms with Crippen LogP contribution in [0.2, 0.25) is 0 Å². The standard InChI is InChI=1S/C11H16BrN3O2/c1-7-11(16,3-4-17-7)6-13-10-5-9(12)14-8(2)15-10/h5,7,16H,3-4,6H2,1-2H3,(H,13,14,15). The van der Waals surface area contributed by atoms with Crippen molar-refractivity contribution in [2.24, 2.45) is 0 Å². The molecule has 0 radical (unpaired) electrons. The van der Waals surface area contributed by atoms with Crippen molar-refractivity contribution in [2.45, 2.75) is 32.0 Å². The number of ether oxygens (including phenoxy) is 1. The maximum absolute atomic E-state index is 10.3. The van der Waals surface area contributed by atoms with Crippen LogP contribution in [-0.4, -0.2) is 39.9 Å². The van der Waals surface area contributed by atoms with Gasteiger partial charge in [-0.2, -0.15) is 0 Å². The number of nitrogens with one attached hydrogen (secondary N) is 1. The predicted molar refractivity (Wildman–Crippen MR) is 67.9 cm³/mol. The molecule has 0 bridgehead atoms. The monoisotopic (exact) mass is 301 g/mol. The van der Waals surface area contributed by atoms with Crippen molar-refractivity contribution in [2.75, 3.05) is 18.5 Å². The van der Waals surface area contributed by atoms with E-state index in [2.05, 4.69) is 31.2 Å². The third kappa shape index (κ3) is 2.94. The van der Waals surface area contributed by atoms with E-state index >= 15 is 0 Å². The van der Waals surface area contributed by atoms with E-state index in [1.165, 1.54) is 0 Å². The molecule has 2 N–H and O–H groups in total. The fourth-order valence-electron chi connectivity index (χ4n) is 1.87. The fraction of sp³-hybridized carbons (Fsp3) is 0.636. The third-order valence-electron chi connectivity index (χ3n) is 3.04. The minimum absolute atomic E-state index is 0.152. The van der Waals surface area contributed by atoms with Gasteiger partial charge >= 0.3 is 0 Å². The molecule has 1 fully saturated rings. The Morgan fingerprint density at radius 1 is 1.65 bits per heavy atom. The molecule has 5 nitrogen and oxygen atoms in total. The third-order valence-corrected chi connectivity index (χ3v) is 3.45. The molecule has 2 atom stereocenters. The molecule has 1 aliphatic rings. The molecular formula is C11H16BrN3O2. The van der Waals surface area contributed by atoms with Gasteiger partial charge in [0.1, 0.15) is 21.8 Å². The van der Waals surface area contributed by atoms with Crippen LogP contribution in [0.3, 0.4) is 0 Å². The molecule has 0 aromatic carbocycles. The van der Waals surface area contributed by atoms with Gasteiger partial charge in [0, 0.05) is 25.6 Å². The number of hydrogen-bond acceptors (Lipinski definition) is 5. The van der Waals surface area contributed by atoms with E-state index in [-0.39, 0.29) is 6.10 Å².